The number of hydrogen-bond acceptors (Lipinski definition) is 2. The highest BCUT2D eigenvalue weighted by atomic mass is 79.9. The molecule has 0 fully saturated rings. The van der Waals surface area contributed by atoms with E-state index in [1.165, 1.54) is 94.0 Å². The van der Waals surface area contributed by atoms with Gasteiger partial charge in [-0.25, -0.2) is 8.78 Å². The summed E-state index contributed by atoms with van der Waals surface area (Å²) in [6.07, 6.45) is 0. The monoisotopic (exact) mass is 1080 g/mol. The molecule has 2 spiro atoms. The number of fused-ring (bicyclic) bond motifs is 20. The van der Waals surface area contributed by atoms with E-state index in [9.17, 15) is 4.39 Å². The van der Waals surface area contributed by atoms with E-state index >= 15 is 4.39 Å². The Balaban J connectivity index is 0.000000121. The molecule has 0 amide bonds. The van der Waals surface area contributed by atoms with Crippen molar-refractivity contribution in [1.29, 1.82) is 0 Å². The fourth-order valence-electron chi connectivity index (χ4n) is 13.3. The molecule has 4 aliphatic carbocycles. The first-order valence-corrected chi connectivity index (χ1v) is 27.4. The minimum Gasteiger partial charge on any atom is -0.396 e. The number of nitrogens with two attached hydrogens (primary N) is 1. The number of nitrogen functional groups attached to an aromatic ring is 1. The second-order valence-electron chi connectivity index (χ2n) is 20.5. The standard InChI is InChI=1S/C37H24FN.C25H15Br.C12H10FN/c38-33-22-21-25(24-11-2-1-3-12-24)23-35(33)39-34-20-10-19-32-36(34)28-15-6-9-18-31(28)37(32)29-16-7-4-13-26(29)27-14-5-8-17-30(27)37;26-23-15-7-14-22-24(23)18-10-3-6-13-21(18)25(22)19-11-4-1-8-16(19)17-9-2-5-12-20(17)25;13-11-7-6-10(8-12(11)14)9-4-2-1-3-5-9/h1-23,39H;1-15H;1-8H,14H2. The molecule has 16 rings (SSSR count). The Morgan fingerprint density at radius 2 is 0.646 bits per heavy atom. The third kappa shape index (κ3) is 7.41. The normalized spacial score (nSPS) is 13.3. The molecular formula is C74H49BrF2N2. The van der Waals surface area contributed by atoms with Gasteiger partial charge in [0.25, 0.3) is 0 Å². The van der Waals surface area contributed by atoms with Crippen LogP contribution in [-0.2, 0) is 10.8 Å². The smallest absolute Gasteiger partial charge is 0.146 e. The molecule has 4 aliphatic rings. The van der Waals surface area contributed by atoms with E-state index in [4.69, 9.17) is 5.73 Å². The molecule has 0 heterocycles. The van der Waals surface area contributed by atoms with Gasteiger partial charge in [-0.1, -0.05) is 259 Å². The summed E-state index contributed by atoms with van der Waals surface area (Å²) in [6.45, 7) is 0. The van der Waals surface area contributed by atoms with Gasteiger partial charge in [0.15, 0.2) is 0 Å². The summed E-state index contributed by atoms with van der Waals surface area (Å²) < 4.78 is 29.3. The third-order valence-electron chi connectivity index (χ3n) is 16.4. The van der Waals surface area contributed by atoms with Crippen LogP contribution < -0.4 is 11.1 Å². The number of rotatable bonds is 4. The van der Waals surface area contributed by atoms with Crippen molar-refractivity contribution in [3.63, 3.8) is 0 Å². The van der Waals surface area contributed by atoms with Crippen molar-refractivity contribution in [1.82, 2.24) is 0 Å². The van der Waals surface area contributed by atoms with Gasteiger partial charge in [-0.05, 0) is 137 Å². The highest BCUT2D eigenvalue weighted by Crippen LogP contribution is 2.65. The van der Waals surface area contributed by atoms with E-state index in [0.29, 0.717) is 5.69 Å². The lowest BCUT2D eigenvalue weighted by Gasteiger charge is -2.30. The second-order valence-corrected chi connectivity index (χ2v) is 21.3. The first kappa shape index (κ1) is 48.0. The zero-order chi connectivity index (χ0) is 53.2. The van der Waals surface area contributed by atoms with Crippen molar-refractivity contribution in [2.24, 2.45) is 0 Å². The zero-order valence-corrected chi connectivity index (χ0v) is 44.4. The van der Waals surface area contributed by atoms with Crippen molar-refractivity contribution < 1.29 is 8.78 Å². The Kier molecular flexibility index (Phi) is 11.7. The van der Waals surface area contributed by atoms with Crippen LogP contribution in [0.15, 0.2) is 284 Å². The molecule has 0 unspecified atom stereocenters. The van der Waals surface area contributed by atoms with Gasteiger partial charge in [0, 0.05) is 21.3 Å². The average molecular weight is 1080 g/mol. The van der Waals surface area contributed by atoms with Gasteiger partial charge in [0.05, 0.1) is 22.2 Å². The van der Waals surface area contributed by atoms with Crippen LogP contribution in [0, 0.1) is 11.6 Å². The van der Waals surface area contributed by atoms with Gasteiger partial charge in [-0.3, -0.25) is 0 Å². The summed E-state index contributed by atoms with van der Waals surface area (Å²) in [7, 11) is 0. The van der Waals surface area contributed by atoms with Crippen molar-refractivity contribution in [3.05, 3.63) is 340 Å². The Labute approximate surface area is 467 Å². The molecule has 0 aromatic heterocycles. The summed E-state index contributed by atoms with van der Waals surface area (Å²) in [5, 5.41) is 3.50. The third-order valence-corrected chi connectivity index (χ3v) is 17.1. The van der Waals surface area contributed by atoms with Gasteiger partial charge < -0.3 is 11.1 Å². The predicted octanol–water partition coefficient (Wildman–Crippen LogP) is 19.4. The first-order valence-electron chi connectivity index (χ1n) is 26.6. The first-order chi connectivity index (χ1) is 38.9. The van der Waals surface area contributed by atoms with E-state index in [1.807, 2.05) is 72.8 Å². The summed E-state index contributed by atoms with van der Waals surface area (Å²) in [5.74, 6) is -0.644. The molecule has 0 bridgehead atoms. The van der Waals surface area contributed by atoms with Gasteiger partial charge in [0.1, 0.15) is 11.6 Å². The van der Waals surface area contributed by atoms with E-state index in [2.05, 4.69) is 203 Å². The topological polar surface area (TPSA) is 38.0 Å². The van der Waals surface area contributed by atoms with Crippen LogP contribution >= 0.6 is 15.9 Å². The van der Waals surface area contributed by atoms with Crippen molar-refractivity contribution in [3.8, 4) is 66.8 Å². The van der Waals surface area contributed by atoms with Gasteiger partial charge in [0.2, 0.25) is 0 Å². The average Bonchev–Trinajstić information content (AvgIpc) is 2.92. The fourth-order valence-corrected chi connectivity index (χ4v) is 13.9. The second kappa shape index (κ2) is 19.2. The molecule has 0 atom stereocenters. The minimum atomic E-state index is -0.415. The highest BCUT2D eigenvalue weighted by molar-refractivity contribution is 9.10. The summed E-state index contributed by atoms with van der Waals surface area (Å²) >= 11 is 3.83. The minimum absolute atomic E-state index is 0.186. The number of nitrogens with one attached hydrogen (secondary N) is 1. The van der Waals surface area contributed by atoms with Crippen LogP contribution in [0.5, 0.6) is 0 Å². The molecule has 2 nitrogen and oxygen atoms in total. The van der Waals surface area contributed by atoms with Crippen LogP contribution in [0.2, 0.25) is 0 Å². The Hall–Kier alpha value is -9.42. The van der Waals surface area contributed by atoms with E-state index in [-0.39, 0.29) is 22.7 Å². The van der Waals surface area contributed by atoms with Crippen LogP contribution in [0.25, 0.3) is 66.8 Å². The van der Waals surface area contributed by atoms with Crippen molar-refractivity contribution in [2.45, 2.75) is 10.8 Å². The van der Waals surface area contributed by atoms with Crippen LogP contribution in [0.4, 0.5) is 25.8 Å². The summed E-state index contributed by atoms with van der Waals surface area (Å²) in [4.78, 5) is 0. The van der Waals surface area contributed by atoms with E-state index in [1.54, 1.807) is 18.2 Å². The maximum absolute atomic E-state index is 15.2. The molecule has 376 valence electrons. The highest BCUT2D eigenvalue weighted by Gasteiger charge is 2.53. The predicted molar refractivity (Wildman–Crippen MR) is 325 cm³/mol. The van der Waals surface area contributed by atoms with Gasteiger partial charge in [-0.2, -0.15) is 0 Å². The molecule has 12 aromatic rings. The molecular weight excluding hydrogens is 1030 g/mol. The largest absolute Gasteiger partial charge is 0.396 e. The quantitative estimate of drug-likeness (QED) is 0.172. The molecule has 0 saturated heterocycles. The molecule has 12 aromatic carbocycles. The lowest BCUT2D eigenvalue weighted by Crippen LogP contribution is -2.25. The number of benzene rings is 12. The zero-order valence-electron chi connectivity index (χ0n) is 42.8. The molecule has 5 heteroatoms. The Morgan fingerprint density at radius 3 is 1.11 bits per heavy atom. The molecule has 79 heavy (non-hydrogen) atoms. The van der Waals surface area contributed by atoms with Gasteiger partial charge in [-0.15, -0.1) is 0 Å². The fraction of sp³-hybridized carbons (Fsp3) is 0.0270. The molecule has 0 radical (unpaired) electrons. The Morgan fingerprint density at radius 1 is 0.291 bits per heavy atom. The molecule has 0 aliphatic heterocycles. The summed E-state index contributed by atoms with van der Waals surface area (Å²) in [5.41, 5.74) is 31.3. The maximum Gasteiger partial charge on any atom is 0.146 e. The maximum atomic E-state index is 15.2. The van der Waals surface area contributed by atoms with Gasteiger partial charge >= 0.3 is 0 Å². The number of halogens is 3. The Bertz CT molecular complexity index is 4270. The van der Waals surface area contributed by atoms with Crippen LogP contribution in [0.3, 0.4) is 0 Å². The number of hydrogen-bond donors (Lipinski definition) is 2. The molecule has 0 saturated carbocycles. The summed E-state index contributed by atoms with van der Waals surface area (Å²) in [6, 6.07) is 95.8. The molecule has 3 N–H and O–H groups in total. The SMILES string of the molecule is Brc1cccc2c1-c1ccccc1C21c2ccccc2-c2ccccc21.Fc1ccc(-c2ccccc2)cc1Nc1cccc2c1-c1ccccc1C21c2ccccc2-c2ccccc21.Nc1cc(-c2ccccc2)ccc1F. The van der Waals surface area contributed by atoms with Crippen molar-refractivity contribution in [2.75, 3.05) is 11.1 Å². The number of anilines is 3. The van der Waals surface area contributed by atoms with Crippen LogP contribution in [-0.4, -0.2) is 0 Å². The lowest BCUT2D eigenvalue weighted by atomic mass is 9.70. The van der Waals surface area contributed by atoms with Crippen molar-refractivity contribution >= 4 is 33.0 Å². The lowest BCUT2D eigenvalue weighted by molar-refractivity contribution is 0.632. The van der Waals surface area contributed by atoms with E-state index < -0.39 is 5.41 Å². The van der Waals surface area contributed by atoms with E-state index in [0.717, 1.165) is 33.5 Å². The van der Waals surface area contributed by atoms with Crippen LogP contribution in [0.1, 0.15) is 44.5 Å².